The molecule has 7 nitrogen and oxygen atoms in total. The van der Waals surface area contributed by atoms with Gasteiger partial charge < -0.3 is 21.7 Å². The van der Waals surface area contributed by atoms with Gasteiger partial charge >= 0.3 is 0 Å². The molecule has 29 heavy (non-hydrogen) atoms. The minimum atomic E-state index is -0.271. The number of amides is 2. The molecule has 2 amide bonds. The molecule has 0 aliphatic rings. The average molecular weight is 389 g/mol. The minimum Gasteiger partial charge on any atom is -0.397 e. The van der Waals surface area contributed by atoms with Gasteiger partial charge in [-0.25, -0.2) is 0 Å². The molecular formula is C22H23N5O2. The molecule has 0 aliphatic carbocycles. The molecule has 0 saturated heterocycles. The van der Waals surface area contributed by atoms with Gasteiger partial charge in [0, 0.05) is 29.7 Å². The van der Waals surface area contributed by atoms with Crippen LogP contribution in [0.15, 0.2) is 73.1 Å². The normalized spacial score (nSPS) is 11.5. The largest absolute Gasteiger partial charge is 0.397 e. The number of anilines is 3. The highest BCUT2D eigenvalue weighted by Gasteiger charge is 2.10. The summed E-state index contributed by atoms with van der Waals surface area (Å²) in [6, 6.07) is 17.5. The van der Waals surface area contributed by atoms with Gasteiger partial charge in [-0.15, -0.1) is 0 Å². The SMILES string of the molecule is CC(NCC(=O)Nc1ccc(C(=O)Nc2ccccc2N)cc1)c1cccnc1. The van der Waals surface area contributed by atoms with E-state index in [0.717, 1.165) is 5.56 Å². The fourth-order valence-electron chi connectivity index (χ4n) is 2.71. The Morgan fingerprint density at radius 1 is 1.00 bits per heavy atom. The van der Waals surface area contributed by atoms with Crippen molar-refractivity contribution in [1.82, 2.24) is 10.3 Å². The Morgan fingerprint density at radius 3 is 2.45 bits per heavy atom. The number of nitrogen functional groups attached to an aromatic ring is 1. The maximum Gasteiger partial charge on any atom is 0.255 e. The van der Waals surface area contributed by atoms with Crippen molar-refractivity contribution in [3.63, 3.8) is 0 Å². The van der Waals surface area contributed by atoms with Gasteiger partial charge in [0.25, 0.3) is 5.91 Å². The Bertz CT molecular complexity index is 974. The first-order valence-corrected chi connectivity index (χ1v) is 9.22. The van der Waals surface area contributed by atoms with Gasteiger partial charge in [0.2, 0.25) is 5.91 Å². The standard InChI is InChI=1S/C22H23N5O2/c1-15(17-5-4-12-24-13-17)25-14-21(28)26-18-10-8-16(9-11-18)22(29)27-20-7-3-2-6-19(20)23/h2-13,15,25H,14,23H2,1H3,(H,26,28)(H,27,29). The van der Waals surface area contributed by atoms with Crippen LogP contribution in [-0.2, 0) is 4.79 Å². The smallest absolute Gasteiger partial charge is 0.255 e. The number of pyridine rings is 1. The number of nitrogens with one attached hydrogen (secondary N) is 3. The number of carbonyl (C=O) groups excluding carboxylic acids is 2. The molecule has 1 unspecified atom stereocenters. The van der Waals surface area contributed by atoms with E-state index in [1.54, 1.807) is 60.9 Å². The molecule has 0 aliphatic heterocycles. The Kier molecular flexibility index (Phi) is 6.55. The predicted molar refractivity (Wildman–Crippen MR) is 115 cm³/mol. The van der Waals surface area contributed by atoms with Crippen molar-refractivity contribution < 1.29 is 9.59 Å². The van der Waals surface area contributed by atoms with Crippen LogP contribution in [0.4, 0.5) is 17.1 Å². The van der Waals surface area contributed by atoms with E-state index in [2.05, 4.69) is 20.9 Å². The zero-order valence-electron chi connectivity index (χ0n) is 16.1. The first kappa shape index (κ1) is 20.0. The number of hydrogen-bond donors (Lipinski definition) is 4. The van der Waals surface area contributed by atoms with Gasteiger partial charge in [-0.2, -0.15) is 0 Å². The molecule has 1 heterocycles. The summed E-state index contributed by atoms with van der Waals surface area (Å²) in [5, 5.41) is 8.73. The highest BCUT2D eigenvalue weighted by atomic mass is 16.2. The maximum absolute atomic E-state index is 12.3. The average Bonchev–Trinajstić information content (AvgIpc) is 2.75. The van der Waals surface area contributed by atoms with E-state index in [4.69, 9.17) is 5.73 Å². The number of nitrogens with zero attached hydrogens (tertiary/aromatic N) is 1. The number of benzene rings is 2. The summed E-state index contributed by atoms with van der Waals surface area (Å²) in [4.78, 5) is 28.6. The van der Waals surface area contributed by atoms with Gasteiger partial charge in [0.05, 0.1) is 17.9 Å². The Hall–Kier alpha value is -3.71. The van der Waals surface area contributed by atoms with E-state index < -0.39 is 0 Å². The number of carbonyl (C=O) groups is 2. The third kappa shape index (κ3) is 5.63. The van der Waals surface area contributed by atoms with E-state index in [0.29, 0.717) is 22.6 Å². The monoisotopic (exact) mass is 389 g/mol. The van der Waals surface area contributed by atoms with Crippen LogP contribution < -0.4 is 21.7 Å². The van der Waals surface area contributed by atoms with Crippen LogP contribution in [0.5, 0.6) is 0 Å². The lowest BCUT2D eigenvalue weighted by atomic mass is 10.1. The molecule has 1 aromatic heterocycles. The molecule has 3 aromatic rings. The van der Waals surface area contributed by atoms with Crippen LogP contribution in [0.3, 0.4) is 0 Å². The van der Waals surface area contributed by atoms with E-state index >= 15 is 0 Å². The van der Waals surface area contributed by atoms with Crippen LogP contribution in [-0.4, -0.2) is 23.3 Å². The van der Waals surface area contributed by atoms with Crippen molar-refractivity contribution in [2.45, 2.75) is 13.0 Å². The van der Waals surface area contributed by atoms with Crippen LogP contribution in [0.2, 0.25) is 0 Å². The van der Waals surface area contributed by atoms with Crippen LogP contribution in [0, 0.1) is 0 Å². The summed E-state index contributed by atoms with van der Waals surface area (Å²) in [5.74, 6) is -0.442. The third-order valence-corrected chi connectivity index (χ3v) is 4.39. The molecule has 0 radical (unpaired) electrons. The zero-order chi connectivity index (χ0) is 20.6. The topological polar surface area (TPSA) is 109 Å². The lowest BCUT2D eigenvalue weighted by Gasteiger charge is -2.14. The quantitative estimate of drug-likeness (QED) is 0.464. The molecule has 0 bridgehead atoms. The van der Waals surface area contributed by atoms with Crippen LogP contribution in [0.25, 0.3) is 0 Å². The first-order chi connectivity index (χ1) is 14.0. The van der Waals surface area contributed by atoms with E-state index in [1.807, 2.05) is 19.1 Å². The first-order valence-electron chi connectivity index (χ1n) is 9.22. The van der Waals surface area contributed by atoms with Crippen molar-refractivity contribution in [2.24, 2.45) is 0 Å². The van der Waals surface area contributed by atoms with Crippen molar-refractivity contribution in [3.8, 4) is 0 Å². The second kappa shape index (κ2) is 9.48. The second-order valence-electron chi connectivity index (χ2n) is 6.56. The molecule has 1 atom stereocenters. The Morgan fingerprint density at radius 2 is 1.76 bits per heavy atom. The molecule has 2 aromatic carbocycles. The number of para-hydroxylation sites is 2. The molecule has 5 N–H and O–H groups in total. The number of nitrogens with two attached hydrogens (primary N) is 1. The Labute approximate surface area is 169 Å². The van der Waals surface area contributed by atoms with Crippen molar-refractivity contribution >= 4 is 28.9 Å². The summed E-state index contributed by atoms with van der Waals surface area (Å²) in [6.07, 6.45) is 3.48. The van der Waals surface area contributed by atoms with Gasteiger partial charge in [-0.3, -0.25) is 14.6 Å². The predicted octanol–water partition coefficient (Wildman–Crippen LogP) is 3.21. The molecule has 0 saturated carbocycles. The van der Waals surface area contributed by atoms with Crippen LogP contribution >= 0.6 is 0 Å². The summed E-state index contributed by atoms with van der Waals surface area (Å²) in [5.41, 5.74) is 8.99. The van der Waals surface area contributed by atoms with Crippen molar-refractivity contribution in [3.05, 3.63) is 84.2 Å². The van der Waals surface area contributed by atoms with Gasteiger partial charge in [0.1, 0.15) is 0 Å². The highest BCUT2D eigenvalue weighted by molar-refractivity contribution is 6.06. The maximum atomic E-state index is 12.3. The summed E-state index contributed by atoms with van der Waals surface area (Å²) < 4.78 is 0. The Balaban J connectivity index is 1.51. The lowest BCUT2D eigenvalue weighted by Crippen LogP contribution is -2.30. The minimum absolute atomic E-state index is 0.00550. The fraction of sp³-hybridized carbons (Fsp3) is 0.136. The van der Waals surface area contributed by atoms with E-state index in [1.165, 1.54) is 0 Å². The lowest BCUT2D eigenvalue weighted by molar-refractivity contribution is -0.115. The molecule has 0 spiro atoms. The zero-order valence-corrected chi connectivity index (χ0v) is 16.1. The van der Waals surface area contributed by atoms with Gasteiger partial charge in [-0.1, -0.05) is 18.2 Å². The second-order valence-corrected chi connectivity index (χ2v) is 6.56. The molecule has 7 heteroatoms. The summed E-state index contributed by atoms with van der Waals surface area (Å²) in [6.45, 7) is 2.13. The number of aromatic nitrogens is 1. The van der Waals surface area contributed by atoms with E-state index in [-0.39, 0.29) is 24.4 Å². The van der Waals surface area contributed by atoms with Crippen LogP contribution in [0.1, 0.15) is 28.9 Å². The number of rotatable bonds is 7. The third-order valence-electron chi connectivity index (χ3n) is 4.39. The fourth-order valence-corrected chi connectivity index (χ4v) is 2.71. The number of hydrogen-bond acceptors (Lipinski definition) is 5. The molecule has 3 rings (SSSR count). The molecule has 0 fully saturated rings. The molecular weight excluding hydrogens is 366 g/mol. The van der Waals surface area contributed by atoms with E-state index in [9.17, 15) is 9.59 Å². The summed E-state index contributed by atoms with van der Waals surface area (Å²) in [7, 11) is 0. The van der Waals surface area contributed by atoms with Gasteiger partial charge in [-0.05, 0) is 55.0 Å². The molecule has 148 valence electrons. The highest BCUT2D eigenvalue weighted by Crippen LogP contribution is 2.18. The van der Waals surface area contributed by atoms with Crippen molar-refractivity contribution in [1.29, 1.82) is 0 Å². The van der Waals surface area contributed by atoms with Gasteiger partial charge in [0.15, 0.2) is 0 Å². The summed E-state index contributed by atoms with van der Waals surface area (Å²) >= 11 is 0. The van der Waals surface area contributed by atoms with Crippen molar-refractivity contribution in [2.75, 3.05) is 22.9 Å².